The van der Waals surface area contributed by atoms with Gasteiger partial charge in [-0.25, -0.2) is 0 Å². The minimum atomic E-state index is -0.307. The molecule has 0 radical (unpaired) electrons. The number of amides is 1. The lowest BCUT2D eigenvalue weighted by Gasteiger charge is -2.13. The number of hydrogen-bond acceptors (Lipinski definition) is 3. The molecule has 0 atom stereocenters. The van der Waals surface area contributed by atoms with Gasteiger partial charge in [-0.2, -0.15) is 0 Å². The fourth-order valence-electron chi connectivity index (χ4n) is 2.21. The molecule has 3 rings (SSSR count). The summed E-state index contributed by atoms with van der Waals surface area (Å²) in [6.45, 7) is 0.229. The van der Waals surface area contributed by atoms with Crippen molar-refractivity contribution in [1.82, 2.24) is 4.98 Å². The van der Waals surface area contributed by atoms with Gasteiger partial charge in [-0.05, 0) is 36.4 Å². The SMILES string of the molecule is O=C(Nc1cccnc1)c1ccc(Cl)cc1OCc1ccccc1Cl. The largest absolute Gasteiger partial charge is 0.488 e. The lowest BCUT2D eigenvalue weighted by molar-refractivity contribution is 0.102. The summed E-state index contributed by atoms with van der Waals surface area (Å²) in [5, 5.41) is 3.86. The van der Waals surface area contributed by atoms with Crippen LogP contribution in [0, 0.1) is 0 Å². The van der Waals surface area contributed by atoms with Gasteiger partial charge in [0.25, 0.3) is 5.91 Å². The standard InChI is InChI=1S/C19H14Cl2N2O2/c20-14-7-8-16(19(24)23-15-5-3-9-22-11-15)18(10-14)25-12-13-4-1-2-6-17(13)21/h1-11H,12H2,(H,23,24). The van der Waals surface area contributed by atoms with Gasteiger partial charge in [0.2, 0.25) is 0 Å². The summed E-state index contributed by atoms with van der Waals surface area (Å²) in [7, 11) is 0. The molecule has 6 heteroatoms. The van der Waals surface area contributed by atoms with Crippen molar-refractivity contribution in [2.45, 2.75) is 6.61 Å². The third-order valence-electron chi connectivity index (χ3n) is 3.45. The molecule has 2 aromatic carbocycles. The zero-order valence-corrected chi connectivity index (χ0v) is 14.6. The number of aromatic nitrogens is 1. The quantitative estimate of drug-likeness (QED) is 0.667. The second-order valence-corrected chi connectivity index (χ2v) is 6.06. The number of halogens is 2. The maximum atomic E-state index is 12.5. The number of ether oxygens (including phenoxy) is 1. The average Bonchev–Trinajstić information content (AvgIpc) is 2.62. The number of carbonyl (C=O) groups is 1. The molecule has 126 valence electrons. The maximum absolute atomic E-state index is 12.5. The predicted octanol–water partition coefficient (Wildman–Crippen LogP) is 5.22. The Kier molecular flexibility index (Phi) is 5.53. The van der Waals surface area contributed by atoms with E-state index < -0.39 is 0 Å². The molecule has 0 unspecified atom stereocenters. The van der Waals surface area contributed by atoms with Crippen LogP contribution in [0.1, 0.15) is 15.9 Å². The van der Waals surface area contributed by atoms with Crippen molar-refractivity contribution >= 4 is 34.8 Å². The van der Waals surface area contributed by atoms with Crippen molar-refractivity contribution < 1.29 is 9.53 Å². The molecular formula is C19H14Cl2N2O2. The summed E-state index contributed by atoms with van der Waals surface area (Å²) in [4.78, 5) is 16.5. The van der Waals surface area contributed by atoms with E-state index in [4.69, 9.17) is 27.9 Å². The fraction of sp³-hybridized carbons (Fsp3) is 0.0526. The Bertz CT molecular complexity index is 886. The number of anilines is 1. The molecule has 0 saturated heterocycles. The first-order chi connectivity index (χ1) is 12.1. The van der Waals surface area contributed by atoms with Gasteiger partial charge in [-0.1, -0.05) is 41.4 Å². The van der Waals surface area contributed by atoms with Gasteiger partial charge in [-0.15, -0.1) is 0 Å². The minimum absolute atomic E-state index is 0.229. The van der Waals surface area contributed by atoms with Crippen molar-refractivity contribution in [2.24, 2.45) is 0 Å². The lowest BCUT2D eigenvalue weighted by atomic mass is 10.1. The fourth-order valence-corrected chi connectivity index (χ4v) is 2.56. The van der Waals surface area contributed by atoms with E-state index in [0.717, 1.165) is 5.56 Å². The Morgan fingerprint density at radius 3 is 2.68 bits per heavy atom. The summed E-state index contributed by atoms with van der Waals surface area (Å²) in [6, 6.07) is 15.7. The van der Waals surface area contributed by atoms with E-state index >= 15 is 0 Å². The van der Waals surface area contributed by atoms with Crippen LogP contribution in [0.2, 0.25) is 10.0 Å². The zero-order chi connectivity index (χ0) is 17.6. The van der Waals surface area contributed by atoms with Crippen LogP contribution in [0.15, 0.2) is 67.0 Å². The molecule has 0 aliphatic heterocycles. The third-order valence-corrected chi connectivity index (χ3v) is 4.05. The van der Waals surface area contributed by atoms with Crippen LogP contribution in [0.5, 0.6) is 5.75 Å². The highest BCUT2D eigenvalue weighted by Gasteiger charge is 2.14. The second kappa shape index (κ2) is 8.01. The third kappa shape index (κ3) is 4.50. The first-order valence-electron chi connectivity index (χ1n) is 7.50. The molecule has 0 bridgehead atoms. The van der Waals surface area contributed by atoms with Gasteiger partial charge in [0.05, 0.1) is 17.4 Å². The summed E-state index contributed by atoms with van der Waals surface area (Å²) < 4.78 is 5.80. The predicted molar refractivity (Wildman–Crippen MR) is 99.4 cm³/mol. The van der Waals surface area contributed by atoms with Crippen LogP contribution < -0.4 is 10.1 Å². The number of benzene rings is 2. The number of carbonyl (C=O) groups excluding carboxylic acids is 1. The molecule has 1 N–H and O–H groups in total. The molecule has 0 aliphatic carbocycles. The van der Waals surface area contributed by atoms with Crippen LogP contribution in [0.25, 0.3) is 0 Å². The molecule has 1 heterocycles. The van der Waals surface area contributed by atoms with Gasteiger partial charge in [0.1, 0.15) is 12.4 Å². The van der Waals surface area contributed by atoms with Crippen LogP contribution in [-0.2, 0) is 6.61 Å². The number of nitrogens with zero attached hydrogens (tertiary/aromatic N) is 1. The molecule has 0 aliphatic rings. The van der Waals surface area contributed by atoms with Gasteiger partial charge in [-0.3, -0.25) is 9.78 Å². The van der Waals surface area contributed by atoms with Gasteiger partial charge in [0, 0.05) is 21.8 Å². The normalized spacial score (nSPS) is 10.3. The van der Waals surface area contributed by atoms with Crippen LogP contribution in [-0.4, -0.2) is 10.9 Å². The lowest BCUT2D eigenvalue weighted by Crippen LogP contribution is -2.14. The summed E-state index contributed by atoms with van der Waals surface area (Å²) >= 11 is 12.2. The Balaban J connectivity index is 1.80. The molecule has 0 spiro atoms. The van der Waals surface area contributed by atoms with Gasteiger partial charge < -0.3 is 10.1 Å². The molecule has 0 fully saturated rings. The van der Waals surface area contributed by atoms with Crippen LogP contribution >= 0.6 is 23.2 Å². The second-order valence-electron chi connectivity index (χ2n) is 5.22. The van der Waals surface area contributed by atoms with E-state index in [1.165, 1.54) is 0 Å². The van der Waals surface area contributed by atoms with Crippen molar-refractivity contribution in [3.63, 3.8) is 0 Å². The molecular weight excluding hydrogens is 359 g/mol. The Morgan fingerprint density at radius 1 is 1.08 bits per heavy atom. The highest BCUT2D eigenvalue weighted by Crippen LogP contribution is 2.26. The molecule has 1 aromatic heterocycles. The average molecular weight is 373 g/mol. The zero-order valence-electron chi connectivity index (χ0n) is 13.1. The van der Waals surface area contributed by atoms with Crippen LogP contribution in [0.4, 0.5) is 5.69 Å². The first-order valence-corrected chi connectivity index (χ1v) is 8.26. The topological polar surface area (TPSA) is 51.2 Å². The smallest absolute Gasteiger partial charge is 0.259 e. The summed E-state index contributed by atoms with van der Waals surface area (Å²) in [5.41, 5.74) is 1.79. The van der Waals surface area contributed by atoms with E-state index in [1.807, 2.05) is 18.2 Å². The number of rotatable bonds is 5. The van der Waals surface area contributed by atoms with E-state index in [2.05, 4.69) is 10.3 Å². The van der Waals surface area contributed by atoms with E-state index in [9.17, 15) is 4.79 Å². The molecule has 0 saturated carbocycles. The Morgan fingerprint density at radius 2 is 1.92 bits per heavy atom. The van der Waals surface area contributed by atoms with Crippen LogP contribution in [0.3, 0.4) is 0 Å². The minimum Gasteiger partial charge on any atom is -0.488 e. The van der Waals surface area contributed by atoms with Crippen molar-refractivity contribution in [1.29, 1.82) is 0 Å². The van der Waals surface area contributed by atoms with Crippen molar-refractivity contribution in [2.75, 3.05) is 5.32 Å². The number of pyridine rings is 1. The first kappa shape index (κ1) is 17.3. The highest BCUT2D eigenvalue weighted by molar-refractivity contribution is 6.31. The van der Waals surface area contributed by atoms with Gasteiger partial charge in [0.15, 0.2) is 0 Å². The van der Waals surface area contributed by atoms with Crippen molar-refractivity contribution in [3.8, 4) is 5.75 Å². The Labute approximate surface area is 155 Å². The maximum Gasteiger partial charge on any atom is 0.259 e. The number of nitrogens with one attached hydrogen (secondary N) is 1. The van der Waals surface area contributed by atoms with E-state index in [1.54, 1.807) is 48.8 Å². The van der Waals surface area contributed by atoms with E-state index in [0.29, 0.717) is 27.0 Å². The van der Waals surface area contributed by atoms with E-state index in [-0.39, 0.29) is 12.5 Å². The number of hydrogen-bond donors (Lipinski definition) is 1. The van der Waals surface area contributed by atoms with Gasteiger partial charge >= 0.3 is 0 Å². The Hall–Kier alpha value is -2.56. The molecule has 1 amide bonds. The molecule has 4 nitrogen and oxygen atoms in total. The van der Waals surface area contributed by atoms with Crippen molar-refractivity contribution in [3.05, 3.63) is 88.2 Å². The summed E-state index contributed by atoms with van der Waals surface area (Å²) in [6.07, 6.45) is 3.20. The monoisotopic (exact) mass is 372 g/mol. The summed E-state index contributed by atoms with van der Waals surface area (Å²) in [5.74, 6) is 0.0765. The molecule has 25 heavy (non-hydrogen) atoms. The molecule has 3 aromatic rings. The highest BCUT2D eigenvalue weighted by atomic mass is 35.5.